The zero-order valence-corrected chi connectivity index (χ0v) is 9.35. The van der Waals surface area contributed by atoms with Crippen molar-refractivity contribution >= 4 is 5.91 Å². The van der Waals surface area contributed by atoms with Crippen molar-refractivity contribution < 1.29 is 9.53 Å². The summed E-state index contributed by atoms with van der Waals surface area (Å²) in [5, 5.41) is 6.50. The molecule has 1 fully saturated rings. The van der Waals surface area contributed by atoms with E-state index in [0.717, 1.165) is 12.8 Å². The molecule has 6 nitrogen and oxygen atoms in total. The fraction of sp³-hybridized carbons (Fsp3) is 0.700. The van der Waals surface area contributed by atoms with E-state index in [4.69, 9.17) is 4.74 Å². The van der Waals surface area contributed by atoms with Crippen LogP contribution in [0.2, 0.25) is 0 Å². The van der Waals surface area contributed by atoms with Gasteiger partial charge >= 0.3 is 0 Å². The molecule has 0 aromatic carbocycles. The van der Waals surface area contributed by atoms with Crippen LogP contribution in [0.5, 0.6) is 0 Å². The monoisotopic (exact) mass is 224 g/mol. The fourth-order valence-corrected chi connectivity index (χ4v) is 1.87. The first-order chi connectivity index (χ1) is 7.77. The van der Waals surface area contributed by atoms with Crippen LogP contribution in [0.3, 0.4) is 0 Å². The number of rotatable bonds is 3. The van der Waals surface area contributed by atoms with Gasteiger partial charge in [0.05, 0.1) is 6.54 Å². The fourth-order valence-electron chi connectivity index (χ4n) is 1.87. The van der Waals surface area contributed by atoms with Crippen molar-refractivity contribution in [2.75, 3.05) is 20.3 Å². The van der Waals surface area contributed by atoms with E-state index in [0.29, 0.717) is 25.6 Å². The minimum atomic E-state index is 0.0988. The van der Waals surface area contributed by atoms with Gasteiger partial charge in [-0.05, 0) is 12.8 Å². The lowest BCUT2D eigenvalue weighted by molar-refractivity contribution is -0.137. The smallest absolute Gasteiger partial charge is 0.226 e. The molecule has 1 aromatic rings. The van der Waals surface area contributed by atoms with Gasteiger partial charge in [-0.3, -0.25) is 9.89 Å². The lowest BCUT2D eigenvalue weighted by Crippen LogP contribution is -2.35. The molecular weight excluding hydrogens is 208 g/mol. The number of amides is 1. The highest BCUT2D eigenvalue weighted by Gasteiger charge is 2.24. The third kappa shape index (κ3) is 2.57. The third-order valence-corrected chi connectivity index (χ3v) is 2.80. The molecule has 0 radical (unpaired) electrons. The van der Waals surface area contributed by atoms with E-state index in [1.54, 1.807) is 11.9 Å². The minimum absolute atomic E-state index is 0.0988. The molecular formula is C10H16N4O2. The number of nitrogens with zero attached hydrogens (tertiary/aromatic N) is 3. The number of aromatic amines is 1. The summed E-state index contributed by atoms with van der Waals surface area (Å²) in [7, 11) is 1.79. The molecule has 6 heteroatoms. The summed E-state index contributed by atoms with van der Waals surface area (Å²) in [5.74, 6) is 0.976. The summed E-state index contributed by atoms with van der Waals surface area (Å²) in [6.45, 7) is 1.86. The van der Waals surface area contributed by atoms with Crippen LogP contribution in [0.15, 0.2) is 6.33 Å². The highest BCUT2D eigenvalue weighted by Crippen LogP contribution is 2.17. The summed E-state index contributed by atoms with van der Waals surface area (Å²) in [4.78, 5) is 17.7. The molecule has 2 rings (SSSR count). The molecule has 1 aliphatic heterocycles. The molecule has 0 atom stereocenters. The quantitative estimate of drug-likeness (QED) is 0.795. The predicted molar refractivity (Wildman–Crippen MR) is 56.4 cm³/mol. The number of aromatic nitrogens is 3. The number of ether oxygens (including phenoxy) is 1. The molecule has 1 saturated heterocycles. The second-order valence-corrected chi connectivity index (χ2v) is 4.01. The Bertz CT molecular complexity index is 333. The predicted octanol–water partition coefficient (Wildman–Crippen LogP) is 0.190. The van der Waals surface area contributed by atoms with Gasteiger partial charge < -0.3 is 9.64 Å². The molecule has 0 unspecified atom stereocenters. The number of hydrogen-bond acceptors (Lipinski definition) is 4. The lowest BCUT2D eigenvalue weighted by Gasteiger charge is -2.25. The molecule has 1 aliphatic rings. The average molecular weight is 224 g/mol. The van der Waals surface area contributed by atoms with Crippen LogP contribution in [0, 0.1) is 5.92 Å². The van der Waals surface area contributed by atoms with Gasteiger partial charge in [0.15, 0.2) is 0 Å². The molecule has 0 bridgehead atoms. The van der Waals surface area contributed by atoms with Crippen LogP contribution >= 0.6 is 0 Å². The van der Waals surface area contributed by atoms with E-state index in [9.17, 15) is 4.79 Å². The van der Waals surface area contributed by atoms with Crippen molar-refractivity contribution in [3.63, 3.8) is 0 Å². The van der Waals surface area contributed by atoms with Crippen molar-refractivity contribution in [1.29, 1.82) is 0 Å². The lowest BCUT2D eigenvalue weighted by atomic mass is 9.99. The normalized spacial score (nSPS) is 17.3. The molecule has 1 aromatic heterocycles. The summed E-state index contributed by atoms with van der Waals surface area (Å²) < 4.78 is 5.24. The largest absolute Gasteiger partial charge is 0.381 e. The highest BCUT2D eigenvalue weighted by molar-refractivity contribution is 5.78. The van der Waals surface area contributed by atoms with Gasteiger partial charge in [0, 0.05) is 26.2 Å². The topological polar surface area (TPSA) is 71.1 Å². The third-order valence-electron chi connectivity index (χ3n) is 2.80. The maximum absolute atomic E-state index is 12.0. The molecule has 1 N–H and O–H groups in total. The van der Waals surface area contributed by atoms with Crippen LogP contribution in [0.4, 0.5) is 0 Å². The Morgan fingerprint density at radius 3 is 3.00 bits per heavy atom. The Morgan fingerprint density at radius 2 is 2.38 bits per heavy atom. The van der Waals surface area contributed by atoms with Gasteiger partial charge in [-0.15, -0.1) is 0 Å². The Kier molecular flexibility index (Phi) is 3.51. The van der Waals surface area contributed by atoms with Crippen LogP contribution < -0.4 is 0 Å². The van der Waals surface area contributed by atoms with Crippen LogP contribution in [0.25, 0.3) is 0 Å². The van der Waals surface area contributed by atoms with Crippen molar-refractivity contribution in [3.05, 3.63) is 12.2 Å². The maximum Gasteiger partial charge on any atom is 0.226 e. The zero-order chi connectivity index (χ0) is 11.4. The molecule has 16 heavy (non-hydrogen) atoms. The van der Waals surface area contributed by atoms with E-state index in [-0.39, 0.29) is 11.8 Å². The van der Waals surface area contributed by atoms with E-state index in [2.05, 4.69) is 15.2 Å². The molecule has 1 amide bonds. The Balaban J connectivity index is 1.88. The van der Waals surface area contributed by atoms with Crippen molar-refractivity contribution in [2.45, 2.75) is 19.4 Å². The van der Waals surface area contributed by atoms with Gasteiger partial charge in [0.1, 0.15) is 12.2 Å². The van der Waals surface area contributed by atoms with Gasteiger partial charge in [0.25, 0.3) is 0 Å². The highest BCUT2D eigenvalue weighted by atomic mass is 16.5. The van der Waals surface area contributed by atoms with Crippen LogP contribution in [-0.2, 0) is 16.1 Å². The first kappa shape index (κ1) is 11.1. The Labute approximate surface area is 94.0 Å². The first-order valence-corrected chi connectivity index (χ1v) is 5.44. The van der Waals surface area contributed by atoms with Crippen LogP contribution in [0.1, 0.15) is 18.7 Å². The number of H-pyrrole nitrogens is 1. The minimum Gasteiger partial charge on any atom is -0.381 e. The van der Waals surface area contributed by atoms with E-state index in [1.807, 2.05) is 0 Å². The molecule has 0 saturated carbocycles. The standard InChI is InChI=1S/C10H16N4O2/c1-14(6-9-11-7-12-13-9)10(15)8-2-4-16-5-3-8/h7-8H,2-6H2,1H3,(H,11,12,13). The molecule has 0 aliphatic carbocycles. The number of carbonyl (C=O) groups is 1. The Morgan fingerprint density at radius 1 is 1.62 bits per heavy atom. The van der Waals surface area contributed by atoms with E-state index < -0.39 is 0 Å². The van der Waals surface area contributed by atoms with Gasteiger partial charge in [-0.1, -0.05) is 0 Å². The SMILES string of the molecule is CN(Cc1ncn[nH]1)C(=O)C1CCOCC1. The molecule has 0 spiro atoms. The molecule has 88 valence electrons. The molecule has 2 heterocycles. The number of carbonyl (C=O) groups excluding carboxylic acids is 1. The summed E-state index contributed by atoms with van der Waals surface area (Å²) in [6, 6.07) is 0. The summed E-state index contributed by atoms with van der Waals surface area (Å²) in [5.41, 5.74) is 0. The van der Waals surface area contributed by atoms with Crippen molar-refractivity contribution in [3.8, 4) is 0 Å². The second kappa shape index (κ2) is 5.07. The van der Waals surface area contributed by atoms with Gasteiger partial charge in [-0.25, -0.2) is 4.98 Å². The number of hydrogen-bond donors (Lipinski definition) is 1. The van der Waals surface area contributed by atoms with Crippen molar-refractivity contribution in [2.24, 2.45) is 5.92 Å². The zero-order valence-electron chi connectivity index (χ0n) is 9.35. The number of nitrogens with one attached hydrogen (secondary N) is 1. The van der Waals surface area contributed by atoms with E-state index in [1.165, 1.54) is 6.33 Å². The van der Waals surface area contributed by atoms with Gasteiger partial charge in [-0.2, -0.15) is 5.10 Å². The summed E-state index contributed by atoms with van der Waals surface area (Å²) in [6.07, 6.45) is 3.08. The second-order valence-electron chi connectivity index (χ2n) is 4.01. The maximum atomic E-state index is 12.0. The van der Waals surface area contributed by atoms with Crippen LogP contribution in [-0.4, -0.2) is 46.2 Å². The van der Waals surface area contributed by atoms with E-state index >= 15 is 0 Å². The first-order valence-electron chi connectivity index (χ1n) is 5.44. The average Bonchev–Trinajstić information content (AvgIpc) is 2.82. The van der Waals surface area contributed by atoms with Crippen molar-refractivity contribution in [1.82, 2.24) is 20.1 Å². The van der Waals surface area contributed by atoms with Gasteiger partial charge in [0.2, 0.25) is 5.91 Å². The Hall–Kier alpha value is -1.43. The summed E-state index contributed by atoms with van der Waals surface area (Å²) >= 11 is 0.